The summed E-state index contributed by atoms with van der Waals surface area (Å²) >= 11 is 0. The van der Waals surface area contributed by atoms with Gasteiger partial charge in [0.2, 0.25) is 11.8 Å². The summed E-state index contributed by atoms with van der Waals surface area (Å²) in [6.07, 6.45) is 2.23. The van der Waals surface area contributed by atoms with Crippen molar-refractivity contribution in [2.75, 3.05) is 32.1 Å². The van der Waals surface area contributed by atoms with Gasteiger partial charge in [-0.25, -0.2) is 0 Å². The fourth-order valence-corrected chi connectivity index (χ4v) is 2.89. The van der Waals surface area contributed by atoms with Crippen molar-refractivity contribution >= 4 is 23.4 Å². The number of rotatable bonds is 7. The lowest BCUT2D eigenvalue weighted by Crippen LogP contribution is -2.46. The molecule has 25 heavy (non-hydrogen) atoms. The third-order valence-electron chi connectivity index (χ3n) is 4.09. The zero-order chi connectivity index (χ0) is 18.2. The number of carbonyl (C=O) groups excluding carboxylic acids is 3. The zero-order valence-electron chi connectivity index (χ0n) is 14.7. The van der Waals surface area contributed by atoms with E-state index in [4.69, 9.17) is 4.74 Å². The molecule has 2 N–H and O–H groups in total. The molecule has 0 spiro atoms. The molecule has 1 aromatic rings. The number of nitrogens with zero attached hydrogens (tertiary/aromatic N) is 1. The molecule has 1 heterocycles. The summed E-state index contributed by atoms with van der Waals surface area (Å²) in [5.41, 5.74) is 1.14. The van der Waals surface area contributed by atoms with E-state index >= 15 is 0 Å². The molecular weight excluding hydrogens is 322 g/mol. The number of benzene rings is 1. The van der Waals surface area contributed by atoms with E-state index in [1.165, 1.54) is 6.92 Å². The molecule has 0 aromatic heterocycles. The lowest BCUT2D eigenvalue weighted by molar-refractivity contribution is -0.124. The van der Waals surface area contributed by atoms with Gasteiger partial charge in [0.15, 0.2) is 0 Å². The normalized spacial score (nSPS) is 16.6. The first-order valence-electron chi connectivity index (χ1n) is 8.48. The molecule has 1 saturated heterocycles. The van der Waals surface area contributed by atoms with Crippen molar-refractivity contribution in [3.63, 3.8) is 0 Å². The Labute approximate surface area is 147 Å². The van der Waals surface area contributed by atoms with E-state index in [9.17, 15) is 14.4 Å². The Balaban J connectivity index is 1.97. The molecule has 0 bridgehead atoms. The summed E-state index contributed by atoms with van der Waals surface area (Å²) < 4.78 is 4.96. The van der Waals surface area contributed by atoms with Gasteiger partial charge in [0.1, 0.15) is 6.04 Å². The van der Waals surface area contributed by atoms with Gasteiger partial charge in [-0.3, -0.25) is 14.4 Å². The summed E-state index contributed by atoms with van der Waals surface area (Å²) in [7, 11) is 1.62. The van der Waals surface area contributed by atoms with E-state index in [1.807, 2.05) is 0 Å². The van der Waals surface area contributed by atoms with Gasteiger partial charge in [-0.05, 0) is 43.5 Å². The van der Waals surface area contributed by atoms with Crippen molar-refractivity contribution in [2.45, 2.75) is 32.2 Å². The van der Waals surface area contributed by atoms with Crippen molar-refractivity contribution in [1.29, 1.82) is 0 Å². The van der Waals surface area contributed by atoms with Crippen LogP contribution in [0.3, 0.4) is 0 Å². The van der Waals surface area contributed by atoms with Gasteiger partial charge in [0.05, 0.1) is 0 Å². The first-order chi connectivity index (χ1) is 12.0. The highest BCUT2D eigenvalue weighted by Gasteiger charge is 2.34. The highest BCUT2D eigenvalue weighted by atomic mass is 16.5. The molecular formula is C18H25N3O4. The molecule has 1 atom stereocenters. The maximum absolute atomic E-state index is 12.7. The standard InChI is InChI=1S/C18H25N3O4/c1-13(22)20-15-8-6-14(7-9-15)18(24)21-11-3-5-16(21)17(23)19-10-4-12-25-2/h6-9,16H,3-5,10-12H2,1-2H3,(H,19,23)(H,20,22)/t16-/m0/s1. The summed E-state index contributed by atoms with van der Waals surface area (Å²) in [5, 5.41) is 5.53. The Morgan fingerprint density at radius 2 is 1.96 bits per heavy atom. The average molecular weight is 347 g/mol. The quantitative estimate of drug-likeness (QED) is 0.730. The Bertz CT molecular complexity index is 615. The van der Waals surface area contributed by atoms with Crippen LogP contribution in [-0.4, -0.2) is 55.5 Å². The monoisotopic (exact) mass is 347 g/mol. The first kappa shape index (κ1) is 18.9. The number of methoxy groups -OCH3 is 1. The smallest absolute Gasteiger partial charge is 0.254 e. The van der Waals surface area contributed by atoms with Gasteiger partial charge < -0.3 is 20.3 Å². The largest absolute Gasteiger partial charge is 0.385 e. The second-order valence-corrected chi connectivity index (χ2v) is 6.05. The fourth-order valence-electron chi connectivity index (χ4n) is 2.89. The fraction of sp³-hybridized carbons (Fsp3) is 0.500. The Morgan fingerprint density at radius 1 is 1.24 bits per heavy atom. The van der Waals surface area contributed by atoms with Crippen LogP contribution in [0, 0.1) is 0 Å². The minimum atomic E-state index is -0.426. The number of hydrogen-bond donors (Lipinski definition) is 2. The third-order valence-corrected chi connectivity index (χ3v) is 4.09. The minimum absolute atomic E-state index is 0.114. The number of carbonyl (C=O) groups is 3. The molecule has 0 aliphatic carbocycles. The van der Waals surface area contributed by atoms with Crippen LogP contribution >= 0.6 is 0 Å². The van der Waals surface area contributed by atoms with Gasteiger partial charge in [0, 0.05) is 45.0 Å². The van der Waals surface area contributed by atoms with Crippen LogP contribution in [-0.2, 0) is 14.3 Å². The topological polar surface area (TPSA) is 87.7 Å². The molecule has 1 fully saturated rings. The molecule has 0 saturated carbocycles. The van der Waals surface area contributed by atoms with Gasteiger partial charge in [0.25, 0.3) is 5.91 Å². The van der Waals surface area contributed by atoms with Crippen molar-refractivity contribution in [3.05, 3.63) is 29.8 Å². The third kappa shape index (κ3) is 5.29. The summed E-state index contributed by atoms with van der Waals surface area (Å²) in [4.78, 5) is 37.7. The van der Waals surface area contributed by atoms with Gasteiger partial charge >= 0.3 is 0 Å². The Morgan fingerprint density at radius 3 is 2.60 bits per heavy atom. The molecule has 1 aromatic carbocycles. The number of hydrogen-bond acceptors (Lipinski definition) is 4. The molecule has 0 unspecified atom stereocenters. The van der Waals surface area contributed by atoms with Gasteiger partial charge in [-0.15, -0.1) is 0 Å². The molecule has 1 aliphatic heterocycles. The van der Waals surface area contributed by atoms with Gasteiger partial charge in [-0.2, -0.15) is 0 Å². The van der Waals surface area contributed by atoms with Gasteiger partial charge in [-0.1, -0.05) is 0 Å². The molecule has 3 amide bonds. The SMILES string of the molecule is COCCCNC(=O)[C@@H]1CCCN1C(=O)c1ccc(NC(C)=O)cc1. The summed E-state index contributed by atoms with van der Waals surface area (Å²) in [6, 6.07) is 6.28. The maximum atomic E-state index is 12.7. The highest BCUT2D eigenvalue weighted by Crippen LogP contribution is 2.21. The molecule has 1 aliphatic rings. The van der Waals surface area contributed by atoms with Crippen molar-refractivity contribution < 1.29 is 19.1 Å². The predicted octanol–water partition coefficient (Wildman–Crippen LogP) is 1.40. The van der Waals surface area contributed by atoms with E-state index in [-0.39, 0.29) is 17.7 Å². The van der Waals surface area contributed by atoms with Crippen molar-refractivity contribution in [2.24, 2.45) is 0 Å². The summed E-state index contributed by atoms with van der Waals surface area (Å²) in [5.74, 6) is -0.440. The minimum Gasteiger partial charge on any atom is -0.385 e. The Kier molecular flexibility index (Phi) is 6.94. The zero-order valence-corrected chi connectivity index (χ0v) is 14.7. The van der Waals surface area contributed by atoms with Crippen molar-refractivity contribution in [3.8, 4) is 0 Å². The predicted molar refractivity (Wildman–Crippen MR) is 94.3 cm³/mol. The first-order valence-corrected chi connectivity index (χ1v) is 8.48. The van der Waals surface area contributed by atoms with E-state index in [2.05, 4.69) is 10.6 Å². The van der Waals surface area contributed by atoms with E-state index in [1.54, 1.807) is 36.3 Å². The molecule has 7 heteroatoms. The maximum Gasteiger partial charge on any atom is 0.254 e. The van der Waals surface area contributed by atoms with Crippen molar-refractivity contribution in [1.82, 2.24) is 10.2 Å². The lowest BCUT2D eigenvalue weighted by Gasteiger charge is -2.24. The number of anilines is 1. The lowest BCUT2D eigenvalue weighted by atomic mass is 10.1. The number of amides is 3. The second-order valence-electron chi connectivity index (χ2n) is 6.05. The van der Waals surface area contributed by atoms with Crippen LogP contribution in [0.15, 0.2) is 24.3 Å². The van der Waals surface area contributed by atoms with Crippen LogP contribution < -0.4 is 10.6 Å². The van der Waals surface area contributed by atoms with E-state index in [0.29, 0.717) is 37.4 Å². The summed E-state index contributed by atoms with van der Waals surface area (Å²) in [6.45, 7) is 3.13. The second kappa shape index (κ2) is 9.17. The average Bonchev–Trinajstić information content (AvgIpc) is 3.08. The number of nitrogens with one attached hydrogen (secondary N) is 2. The van der Waals surface area contributed by atoms with Crippen LogP contribution in [0.1, 0.15) is 36.5 Å². The molecule has 0 radical (unpaired) electrons. The van der Waals surface area contributed by atoms with Crippen LogP contribution in [0.25, 0.3) is 0 Å². The molecule has 136 valence electrons. The molecule has 2 rings (SSSR count). The van der Waals surface area contributed by atoms with Crippen LogP contribution in [0.4, 0.5) is 5.69 Å². The van der Waals surface area contributed by atoms with E-state index in [0.717, 1.165) is 12.8 Å². The highest BCUT2D eigenvalue weighted by molar-refractivity contribution is 5.98. The Hall–Kier alpha value is -2.41. The number of ether oxygens (including phenoxy) is 1. The molecule has 7 nitrogen and oxygen atoms in total. The van der Waals surface area contributed by atoms with E-state index < -0.39 is 6.04 Å². The van der Waals surface area contributed by atoms with Crippen LogP contribution in [0.2, 0.25) is 0 Å². The van der Waals surface area contributed by atoms with Crippen LogP contribution in [0.5, 0.6) is 0 Å². The number of likely N-dealkylation sites (tertiary alicyclic amines) is 1.